The Balaban J connectivity index is 1.96. The minimum atomic E-state index is -0.303. The number of benzene rings is 2. The van der Waals surface area contributed by atoms with Crippen LogP contribution in [0, 0.1) is 13.8 Å². The number of ether oxygens (including phenoxy) is 1. The molecule has 0 aliphatic heterocycles. The summed E-state index contributed by atoms with van der Waals surface area (Å²) in [6, 6.07) is 17.7. The van der Waals surface area contributed by atoms with Crippen LogP contribution in [0.1, 0.15) is 34.2 Å². The van der Waals surface area contributed by atoms with Gasteiger partial charge in [-0.25, -0.2) is 4.79 Å². The number of aliphatic imine (C=N–C) groups is 1. The van der Waals surface area contributed by atoms with Gasteiger partial charge in [0.15, 0.2) is 0 Å². The molecule has 0 aliphatic carbocycles. The number of aromatic nitrogens is 1. The molecule has 28 heavy (non-hydrogen) atoms. The van der Waals surface area contributed by atoms with Crippen molar-refractivity contribution in [3.63, 3.8) is 0 Å². The van der Waals surface area contributed by atoms with E-state index in [-0.39, 0.29) is 5.97 Å². The molecule has 1 aromatic heterocycles. The molecular weight excluding hydrogens is 368 g/mol. The Morgan fingerprint density at radius 2 is 1.93 bits per heavy atom. The molecule has 1 heterocycles. The lowest BCUT2D eigenvalue weighted by Gasteiger charge is -2.11. The first-order valence-corrected chi connectivity index (χ1v) is 10.4. The van der Waals surface area contributed by atoms with Crippen LogP contribution < -0.4 is 0 Å². The van der Waals surface area contributed by atoms with Crippen molar-refractivity contribution in [2.75, 3.05) is 12.9 Å². The zero-order valence-electron chi connectivity index (χ0n) is 16.6. The molecule has 2 aromatic carbocycles. The highest BCUT2D eigenvalue weighted by molar-refractivity contribution is 7.98. The Kier molecular flexibility index (Phi) is 6.37. The number of para-hydroxylation sites is 1. The van der Waals surface area contributed by atoms with E-state index in [9.17, 15) is 4.79 Å². The Morgan fingerprint density at radius 3 is 2.68 bits per heavy atom. The molecule has 0 unspecified atom stereocenters. The molecule has 0 amide bonds. The van der Waals surface area contributed by atoms with E-state index in [4.69, 9.17) is 9.73 Å². The van der Waals surface area contributed by atoms with Gasteiger partial charge in [0.05, 0.1) is 17.9 Å². The van der Waals surface area contributed by atoms with Crippen molar-refractivity contribution >= 4 is 29.6 Å². The normalized spacial score (nSPS) is 11.1. The predicted molar refractivity (Wildman–Crippen MR) is 117 cm³/mol. The van der Waals surface area contributed by atoms with E-state index in [2.05, 4.69) is 36.8 Å². The highest BCUT2D eigenvalue weighted by Gasteiger charge is 2.12. The first-order valence-electron chi connectivity index (χ1n) is 9.18. The average molecular weight is 393 g/mol. The van der Waals surface area contributed by atoms with E-state index in [1.807, 2.05) is 49.5 Å². The van der Waals surface area contributed by atoms with Crippen molar-refractivity contribution in [2.24, 2.45) is 4.99 Å². The van der Waals surface area contributed by atoms with Crippen LogP contribution in [-0.4, -0.2) is 29.6 Å². The monoisotopic (exact) mass is 392 g/mol. The van der Waals surface area contributed by atoms with Gasteiger partial charge >= 0.3 is 5.97 Å². The molecule has 0 radical (unpaired) electrons. The van der Waals surface area contributed by atoms with Gasteiger partial charge in [0.1, 0.15) is 0 Å². The van der Waals surface area contributed by atoms with Gasteiger partial charge in [-0.05, 0) is 63.4 Å². The minimum Gasteiger partial charge on any atom is -0.462 e. The van der Waals surface area contributed by atoms with E-state index < -0.39 is 0 Å². The lowest BCUT2D eigenvalue weighted by molar-refractivity contribution is 0.0526. The molecule has 0 saturated carbocycles. The van der Waals surface area contributed by atoms with E-state index in [1.54, 1.807) is 17.8 Å². The van der Waals surface area contributed by atoms with Gasteiger partial charge in [-0.2, -0.15) is 0 Å². The summed E-state index contributed by atoms with van der Waals surface area (Å²) in [4.78, 5) is 17.9. The van der Waals surface area contributed by atoms with E-state index >= 15 is 0 Å². The Labute approximate surface area is 170 Å². The summed E-state index contributed by atoms with van der Waals surface area (Å²) in [6.45, 7) is 6.29. The third kappa shape index (κ3) is 4.20. The van der Waals surface area contributed by atoms with Gasteiger partial charge in [-0.15, -0.1) is 11.8 Å². The number of nitrogens with zero attached hydrogens (tertiary/aromatic N) is 2. The second-order valence-corrected chi connectivity index (χ2v) is 7.21. The fraction of sp³-hybridized carbons (Fsp3) is 0.217. The third-order valence-electron chi connectivity index (χ3n) is 4.51. The fourth-order valence-corrected chi connectivity index (χ4v) is 3.72. The van der Waals surface area contributed by atoms with E-state index in [0.717, 1.165) is 33.2 Å². The molecule has 0 aliphatic rings. The summed E-state index contributed by atoms with van der Waals surface area (Å²) < 4.78 is 7.25. The number of carbonyl (C=O) groups is 1. The molecule has 5 heteroatoms. The maximum absolute atomic E-state index is 12.1. The third-order valence-corrected chi connectivity index (χ3v) is 5.30. The van der Waals surface area contributed by atoms with E-state index in [0.29, 0.717) is 12.2 Å². The van der Waals surface area contributed by atoms with Crippen molar-refractivity contribution in [3.05, 3.63) is 77.1 Å². The Bertz CT molecular complexity index is 1020. The maximum atomic E-state index is 12.1. The number of rotatable bonds is 6. The lowest BCUT2D eigenvalue weighted by Crippen LogP contribution is -2.06. The van der Waals surface area contributed by atoms with Gasteiger partial charge in [0.25, 0.3) is 0 Å². The van der Waals surface area contributed by atoms with Crippen molar-refractivity contribution in [3.8, 4) is 5.69 Å². The summed E-state index contributed by atoms with van der Waals surface area (Å²) >= 11 is 1.69. The van der Waals surface area contributed by atoms with Crippen molar-refractivity contribution < 1.29 is 9.53 Å². The fourth-order valence-electron chi connectivity index (χ4n) is 3.18. The topological polar surface area (TPSA) is 43.6 Å². The summed E-state index contributed by atoms with van der Waals surface area (Å²) in [5.41, 5.74) is 5.65. The number of esters is 1. The zero-order valence-corrected chi connectivity index (χ0v) is 17.4. The molecule has 144 valence electrons. The smallest absolute Gasteiger partial charge is 0.338 e. The van der Waals surface area contributed by atoms with Gasteiger partial charge in [-0.3, -0.25) is 4.99 Å². The minimum absolute atomic E-state index is 0.303. The van der Waals surface area contributed by atoms with Gasteiger partial charge in [-0.1, -0.05) is 18.2 Å². The Hall–Kier alpha value is -2.79. The highest BCUT2D eigenvalue weighted by atomic mass is 32.2. The lowest BCUT2D eigenvalue weighted by atomic mass is 10.2. The second-order valence-electron chi connectivity index (χ2n) is 6.36. The van der Waals surface area contributed by atoms with Gasteiger partial charge in [0.2, 0.25) is 0 Å². The SMILES string of the molecule is CCOC(=O)c1cccc(-n2c(C)cc(C=Nc3ccccc3SC)c2C)c1. The maximum Gasteiger partial charge on any atom is 0.338 e. The number of thioether (sulfide) groups is 1. The number of carbonyl (C=O) groups excluding carboxylic acids is 1. The van der Waals surface area contributed by atoms with Crippen LogP contribution in [0.3, 0.4) is 0 Å². The van der Waals surface area contributed by atoms with Crippen LogP contribution in [0.2, 0.25) is 0 Å². The first-order chi connectivity index (χ1) is 13.5. The quantitative estimate of drug-likeness (QED) is 0.305. The first kappa shape index (κ1) is 20.0. The van der Waals surface area contributed by atoms with Crippen LogP contribution in [0.4, 0.5) is 5.69 Å². The van der Waals surface area contributed by atoms with Gasteiger partial charge < -0.3 is 9.30 Å². The summed E-state index contributed by atoms with van der Waals surface area (Å²) in [5, 5.41) is 0. The standard InChI is InChI=1S/C23H24N2O2S/c1-5-27-23(26)18-9-8-10-20(14-18)25-16(2)13-19(17(25)3)15-24-21-11-6-7-12-22(21)28-4/h6-15H,5H2,1-4H3. The summed E-state index contributed by atoms with van der Waals surface area (Å²) in [5.74, 6) is -0.303. The van der Waals surface area contributed by atoms with Crippen LogP contribution in [-0.2, 0) is 4.74 Å². The number of aryl methyl sites for hydroxylation is 1. The van der Waals surface area contributed by atoms with Gasteiger partial charge in [0, 0.05) is 33.7 Å². The van der Waals surface area contributed by atoms with Crippen LogP contribution >= 0.6 is 11.8 Å². The van der Waals surface area contributed by atoms with Crippen molar-refractivity contribution in [2.45, 2.75) is 25.7 Å². The molecular formula is C23H24N2O2S. The molecule has 4 nitrogen and oxygen atoms in total. The summed E-state index contributed by atoms with van der Waals surface area (Å²) in [7, 11) is 0. The highest BCUT2D eigenvalue weighted by Crippen LogP contribution is 2.28. The number of hydrogen-bond donors (Lipinski definition) is 0. The molecule has 0 spiro atoms. The largest absolute Gasteiger partial charge is 0.462 e. The Morgan fingerprint density at radius 1 is 1.14 bits per heavy atom. The van der Waals surface area contributed by atoms with Crippen LogP contribution in [0.5, 0.6) is 0 Å². The average Bonchev–Trinajstić information content (AvgIpc) is 3.00. The molecule has 0 fully saturated rings. The number of hydrogen-bond acceptors (Lipinski definition) is 4. The zero-order chi connectivity index (χ0) is 20.1. The van der Waals surface area contributed by atoms with E-state index in [1.165, 1.54) is 0 Å². The second kappa shape index (κ2) is 8.93. The molecule has 3 rings (SSSR count). The van der Waals surface area contributed by atoms with Crippen LogP contribution in [0.15, 0.2) is 64.5 Å². The molecule has 0 saturated heterocycles. The predicted octanol–water partition coefficient (Wildman–Crippen LogP) is 5.74. The molecule has 0 atom stereocenters. The van der Waals surface area contributed by atoms with Crippen molar-refractivity contribution in [1.82, 2.24) is 4.57 Å². The van der Waals surface area contributed by atoms with Crippen molar-refractivity contribution in [1.29, 1.82) is 0 Å². The molecule has 0 N–H and O–H groups in total. The molecule has 3 aromatic rings. The van der Waals surface area contributed by atoms with Crippen LogP contribution in [0.25, 0.3) is 5.69 Å². The summed E-state index contributed by atoms with van der Waals surface area (Å²) in [6.07, 6.45) is 3.96. The molecule has 0 bridgehead atoms.